The molecule has 1 aromatic rings. The van der Waals surface area contributed by atoms with E-state index >= 15 is 0 Å². The van der Waals surface area contributed by atoms with Gasteiger partial charge in [-0.2, -0.15) is 0 Å². The quantitative estimate of drug-likeness (QED) is 0.819. The lowest BCUT2D eigenvalue weighted by Crippen LogP contribution is -2.29. The van der Waals surface area contributed by atoms with Crippen LogP contribution in [0.2, 0.25) is 0 Å². The Labute approximate surface area is 114 Å². The van der Waals surface area contributed by atoms with Crippen LogP contribution in [0.15, 0.2) is 12.1 Å². The van der Waals surface area contributed by atoms with Crippen molar-refractivity contribution in [1.82, 2.24) is 5.32 Å². The standard InChI is InChI=1S/C14H16F3NO2/c15-11-5-13(17)12(16)4-9(11)7-18-6-8-2-1-3-10(8)14(19)20/h4-5,8,10,18H,1-3,6-7H2,(H,19,20). The van der Waals surface area contributed by atoms with Crippen LogP contribution >= 0.6 is 0 Å². The Hall–Kier alpha value is -1.56. The highest BCUT2D eigenvalue weighted by molar-refractivity contribution is 5.70. The predicted octanol–water partition coefficient (Wildman–Crippen LogP) is 2.69. The van der Waals surface area contributed by atoms with Crippen molar-refractivity contribution in [2.45, 2.75) is 25.8 Å². The van der Waals surface area contributed by atoms with E-state index in [4.69, 9.17) is 5.11 Å². The molecule has 1 aliphatic carbocycles. The monoisotopic (exact) mass is 287 g/mol. The van der Waals surface area contributed by atoms with Gasteiger partial charge in [-0.1, -0.05) is 6.42 Å². The van der Waals surface area contributed by atoms with Crippen LogP contribution in [0.1, 0.15) is 24.8 Å². The van der Waals surface area contributed by atoms with Crippen molar-refractivity contribution in [2.75, 3.05) is 6.54 Å². The first-order valence-electron chi connectivity index (χ1n) is 6.56. The molecule has 1 saturated carbocycles. The first-order chi connectivity index (χ1) is 9.49. The van der Waals surface area contributed by atoms with Crippen LogP contribution in [0.5, 0.6) is 0 Å². The molecule has 6 heteroatoms. The number of aliphatic carboxylic acids is 1. The number of carboxylic acid groups (broad SMARTS) is 1. The van der Waals surface area contributed by atoms with Gasteiger partial charge in [0.2, 0.25) is 0 Å². The lowest BCUT2D eigenvalue weighted by atomic mass is 9.96. The Morgan fingerprint density at radius 3 is 2.60 bits per heavy atom. The first-order valence-corrected chi connectivity index (χ1v) is 6.56. The number of hydrogen-bond acceptors (Lipinski definition) is 2. The molecular weight excluding hydrogens is 271 g/mol. The lowest BCUT2D eigenvalue weighted by molar-refractivity contribution is -0.142. The molecule has 0 aromatic heterocycles. The number of rotatable bonds is 5. The summed E-state index contributed by atoms with van der Waals surface area (Å²) in [5.74, 6) is -4.30. The third kappa shape index (κ3) is 3.30. The van der Waals surface area contributed by atoms with Crippen molar-refractivity contribution < 1.29 is 23.1 Å². The minimum Gasteiger partial charge on any atom is -0.481 e. The number of benzene rings is 1. The largest absolute Gasteiger partial charge is 0.481 e. The SMILES string of the molecule is O=C(O)C1CCCC1CNCc1cc(F)c(F)cc1F. The number of hydrogen-bond donors (Lipinski definition) is 2. The molecule has 3 nitrogen and oxygen atoms in total. The summed E-state index contributed by atoms with van der Waals surface area (Å²) in [6.07, 6.45) is 2.33. The van der Waals surface area contributed by atoms with Gasteiger partial charge in [0.1, 0.15) is 5.82 Å². The van der Waals surface area contributed by atoms with E-state index < -0.39 is 23.4 Å². The molecule has 110 valence electrons. The van der Waals surface area contributed by atoms with E-state index in [1.54, 1.807) is 0 Å². The highest BCUT2D eigenvalue weighted by atomic mass is 19.2. The maximum atomic E-state index is 13.4. The molecule has 2 unspecified atom stereocenters. The minimum atomic E-state index is -1.21. The minimum absolute atomic E-state index is 0.000793. The third-order valence-corrected chi connectivity index (χ3v) is 3.79. The van der Waals surface area contributed by atoms with Gasteiger partial charge < -0.3 is 10.4 Å². The van der Waals surface area contributed by atoms with Crippen molar-refractivity contribution in [2.24, 2.45) is 11.8 Å². The van der Waals surface area contributed by atoms with Crippen molar-refractivity contribution >= 4 is 5.97 Å². The molecule has 2 N–H and O–H groups in total. The Kier molecular flexibility index (Phi) is 4.65. The fourth-order valence-electron chi connectivity index (χ4n) is 2.70. The van der Waals surface area contributed by atoms with Crippen molar-refractivity contribution in [3.8, 4) is 0 Å². The number of halogens is 3. The van der Waals surface area contributed by atoms with E-state index in [2.05, 4.69) is 5.32 Å². The molecule has 2 rings (SSSR count). The molecule has 0 spiro atoms. The van der Waals surface area contributed by atoms with Gasteiger partial charge in [0.15, 0.2) is 11.6 Å². The molecule has 0 heterocycles. The maximum Gasteiger partial charge on any atom is 0.306 e. The molecule has 1 aliphatic rings. The normalized spacial score (nSPS) is 22.1. The number of carbonyl (C=O) groups is 1. The highest BCUT2D eigenvalue weighted by Crippen LogP contribution is 2.31. The van der Waals surface area contributed by atoms with Crippen molar-refractivity contribution in [1.29, 1.82) is 0 Å². The summed E-state index contributed by atoms with van der Waals surface area (Å²) in [7, 11) is 0. The van der Waals surface area contributed by atoms with Gasteiger partial charge in [-0.25, -0.2) is 13.2 Å². The molecule has 20 heavy (non-hydrogen) atoms. The van der Waals surface area contributed by atoms with Gasteiger partial charge in [-0.15, -0.1) is 0 Å². The summed E-state index contributed by atoms with van der Waals surface area (Å²) >= 11 is 0. The zero-order valence-corrected chi connectivity index (χ0v) is 10.8. The van der Waals surface area contributed by atoms with Crippen molar-refractivity contribution in [3.05, 3.63) is 35.1 Å². The summed E-state index contributed by atoms with van der Waals surface area (Å²) < 4.78 is 39.2. The summed E-state index contributed by atoms with van der Waals surface area (Å²) in [4.78, 5) is 11.0. The van der Waals surface area contributed by atoms with Gasteiger partial charge in [-0.05, 0) is 31.4 Å². The Bertz CT molecular complexity index is 507. The molecule has 0 radical (unpaired) electrons. The summed E-state index contributed by atoms with van der Waals surface area (Å²) in [6.45, 7) is 0.473. The highest BCUT2D eigenvalue weighted by Gasteiger charge is 2.32. The second-order valence-corrected chi connectivity index (χ2v) is 5.12. The second-order valence-electron chi connectivity index (χ2n) is 5.12. The van der Waals surface area contributed by atoms with Crippen LogP contribution in [0.3, 0.4) is 0 Å². The first kappa shape index (κ1) is 14.8. The van der Waals surface area contributed by atoms with E-state index in [9.17, 15) is 18.0 Å². The Morgan fingerprint density at radius 2 is 1.90 bits per heavy atom. The molecule has 0 aliphatic heterocycles. The zero-order valence-electron chi connectivity index (χ0n) is 10.8. The van der Waals surface area contributed by atoms with E-state index in [-0.39, 0.29) is 23.9 Å². The summed E-state index contributed by atoms with van der Waals surface area (Å²) in [5, 5.41) is 12.0. The molecule has 0 bridgehead atoms. The van der Waals surface area contributed by atoms with Crippen LogP contribution in [-0.4, -0.2) is 17.6 Å². The summed E-state index contributed by atoms with van der Waals surface area (Å²) in [6, 6.07) is 1.34. The van der Waals surface area contributed by atoms with Gasteiger partial charge in [0.05, 0.1) is 5.92 Å². The van der Waals surface area contributed by atoms with Crippen LogP contribution < -0.4 is 5.32 Å². The molecule has 0 saturated heterocycles. The topological polar surface area (TPSA) is 49.3 Å². The smallest absolute Gasteiger partial charge is 0.306 e. The molecule has 2 atom stereocenters. The number of carboxylic acids is 1. The Balaban J connectivity index is 1.90. The van der Waals surface area contributed by atoms with Gasteiger partial charge in [0, 0.05) is 18.2 Å². The Morgan fingerprint density at radius 1 is 1.20 bits per heavy atom. The number of nitrogens with one attached hydrogen (secondary N) is 1. The van der Waals surface area contributed by atoms with E-state index in [1.807, 2.05) is 0 Å². The predicted molar refractivity (Wildman–Crippen MR) is 66.5 cm³/mol. The molecule has 1 aromatic carbocycles. The molecular formula is C14H16F3NO2. The van der Waals surface area contributed by atoms with E-state index in [1.165, 1.54) is 0 Å². The fourth-order valence-corrected chi connectivity index (χ4v) is 2.70. The van der Waals surface area contributed by atoms with Gasteiger partial charge >= 0.3 is 5.97 Å². The lowest BCUT2D eigenvalue weighted by Gasteiger charge is -2.16. The molecule has 1 fully saturated rings. The van der Waals surface area contributed by atoms with Crippen LogP contribution in [0.4, 0.5) is 13.2 Å². The van der Waals surface area contributed by atoms with E-state index in [0.717, 1.165) is 18.9 Å². The van der Waals surface area contributed by atoms with Gasteiger partial charge in [0.25, 0.3) is 0 Å². The zero-order chi connectivity index (χ0) is 14.7. The van der Waals surface area contributed by atoms with Gasteiger partial charge in [-0.3, -0.25) is 4.79 Å². The fraction of sp³-hybridized carbons (Fsp3) is 0.500. The average Bonchev–Trinajstić information content (AvgIpc) is 2.84. The third-order valence-electron chi connectivity index (χ3n) is 3.79. The van der Waals surface area contributed by atoms with Crippen molar-refractivity contribution in [3.63, 3.8) is 0 Å². The van der Waals surface area contributed by atoms with Crippen LogP contribution in [0.25, 0.3) is 0 Å². The molecule has 0 amide bonds. The van der Waals surface area contributed by atoms with Crippen LogP contribution in [-0.2, 0) is 11.3 Å². The summed E-state index contributed by atoms with van der Waals surface area (Å²) in [5.41, 5.74) is 0.0359. The van der Waals surface area contributed by atoms with Crippen LogP contribution in [0, 0.1) is 29.3 Å². The average molecular weight is 287 g/mol. The second kappa shape index (κ2) is 6.26. The maximum absolute atomic E-state index is 13.4. The van der Waals surface area contributed by atoms with E-state index in [0.29, 0.717) is 19.0 Å².